The standard InChI is InChI=1S/C13H17BrN2OS/c14-12-4-3-11(18-12)7-13(17)16-6-5-9-1-2-10(8-16)15-9/h3-4,9-10,15H,1-2,5-8H2. The molecular weight excluding hydrogens is 312 g/mol. The lowest BCUT2D eigenvalue weighted by molar-refractivity contribution is -0.130. The van der Waals surface area contributed by atoms with Crippen molar-refractivity contribution in [2.24, 2.45) is 0 Å². The zero-order valence-corrected chi connectivity index (χ0v) is 12.6. The number of fused-ring (bicyclic) bond motifs is 2. The summed E-state index contributed by atoms with van der Waals surface area (Å²) < 4.78 is 1.10. The van der Waals surface area contributed by atoms with Crippen molar-refractivity contribution in [1.29, 1.82) is 0 Å². The van der Waals surface area contributed by atoms with E-state index in [-0.39, 0.29) is 5.91 Å². The lowest BCUT2D eigenvalue weighted by Crippen LogP contribution is -2.39. The second-order valence-corrected chi connectivity index (χ2v) is 7.70. The zero-order valence-electron chi connectivity index (χ0n) is 10.2. The maximum atomic E-state index is 12.3. The summed E-state index contributed by atoms with van der Waals surface area (Å²) in [6.45, 7) is 1.81. The molecule has 98 valence electrons. The number of carbonyl (C=O) groups is 1. The van der Waals surface area contributed by atoms with Crippen LogP contribution in [0.3, 0.4) is 0 Å². The number of hydrogen-bond acceptors (Lipinski definition) is 3. The topological polar surface area (TPSA) is 32.3 Å². The number of nitrogens with one attached hydrogen (secondary N) is 1. The van der Waals surface area contributed by atoms with Crippen LogP contribution in [0.5, 0.6) is 0 Å². The van der Waals surface area contributed by atoms with Crippen LogP contribution in [0.2, 0.25) is 0 Å². The Morgan fingerprint density at radius 3 is 3.00 bits per heavy atom. The van der Waals surface area contributed by atoms with Gasteiger partial charge in [-0.3, -0.25) is 4.79 Å². The van der Waals surface area contributed by atoms with E-state index < -0.39 is 0 Å². The van der Waals surface area contributed by atoms with Gasteiger partial charge < -0.3 is 10.2 Å². The summed E-state index contributed by atoms with van der Waals surface area (Å²) >= 11 is 5.09. The maximum Gasteiger partial charge on any atom is 0.227 e. The minimum Gasteiger partial charge on any atom is -0.341 e. The summed E-state index contributed by atoms with van der Waals surface area (Å²) in [7, 11) is 0. The van der Waals surface area contributed by atoms with Crippen LogP contribution in [0, 0.1) is 0 Å². The molecule has 18 heavy (non-hydrogen) atoms. The van der Waals surface area contributed by atoms with E-state index in [4.69, 9.17) is 0 Å². The minimum atomic E-state index is 0.277. The zero-order chi connectivity index (χ0) is 12.5. The van der Waals surface area contributed by atoms with E-state index in [1.54, 1.807) is 11.3 Å². The van der Waals surface area contributed by atoms with Gasteiger partial charge in [-0.1, -0.05) is 0 Å². The summed E-state index contributed by atoms with van der Waals surface area (Å²) in [5, 5.41) is 3.61. The van der Waals surface area contributed by atoms with Gasteiger partial charge in [0.15, 0.2) is 0 Å². The predicted octanol–water partition coefficient (Wildman–Crippen LogP) is 2.41. The van der Waals surface area contributed by atoms with Gasteiger partial charge in [-0.25, -0.2) is 0 Å². The van der Waals surface area contributed by atoms with Crippen molar-refractivity contribution in [3.05, 3.63) is 20.8 Å². The van der Waals surface area contributed by atoms with Crippen LogP contribution in [0.1, 0.15) is 24.1 Å². The number of hydrogen-bond donors (Lipinski definition) is 1. The molecule has 3 heterocycles. The van der Waals surface area contributed by atoms with E-state index in [1.165, 1.54) is 12.8 Å². The van der Waals surface area contributed by atoms with Gasteiger partial charge in [0, 0.05) is 30.1 Å². The third-order valence-corrected chi connectivity index (χ3v) is 5.45. The molecule has 2 bridgehead atoms. The van der Waals surface area contributed by atoms with Crippen LogP contribution in [0.4, 0.5) is 0 Å². The summed E-state index contributed by atoms with van der Waals surface area (Å²) in [6.07, 6.45) is 4.16. The van der Waals surface area contributed by atoms with Crippen LogP contribution in [-0.4, -0.2) is 36.0 Å². The molecule has 1 aromatic rings. The van der Waals surface area contributed by atoms with E-state index in [9.17, 15) is 4.79 Å². The molecule has 2 aliphatic rings. The highest BCUT2D eigenvalue weighted by Crippen LogP contribution is 2.24. The van der Waals surface area contributed by atoms with Crippen molar-refractivity contribution in [1.82, 2.24) is 10.2 Å². The molecule has 0 aromatic carbocycles. The molecule has 2 unspecified atom stereocenters. The Balaban J connectivity index is 1.62. The number of thiophene rings is 1. The van der Waals surface area contributed by atoms with E-state index in [2.05, 4.69) is 21.2 Å². The van der Waals surface area contributed by atoms with E-state index in [0.29, 0.717) is 18.5 Å². The fourth-order valence-corrected chi connectivity index (χ4v) is 4.35. The molecular formula is C13H17BrN2OS. The average Bonchev–Trinajstić information content (AvgIpc) is 2.85. The van der Waals surface area contributed by atoms with Crippen LogP contribution >= 0.6 is 27.3 Å². The van der Waals surface area contributed by atoms with Gasteiger partial charge in [0.05, 0.1) is 10.2 Å². The number of amides is 1. The van der Waals surface area contributed by atoms with E-state index in [0.717, 1.165) is 28.2 Å². The first-order valence-electron chi connectivity index (χ1n) is 6.49. The first-order valence-corrected chi connectivity index (χ1v) is 8.10. The molecule has 1 amide bonds. The molecule has 0 spiro atoms. The summed E-state index contributed by atoms with van der Waals surface area (Å²) in [6, 6.07) is 5.22. The van der Waals surface area contributed by atoms with Gasteiger partial charge in [-0.05, 0) is 47.3 Å². The van der Waals surface area contributed by atoms with Gasteiger partial charge in [0.1, 0.15) is 0 Å². The molecule has 2 fully saturated rings. The van der Waals surface area contributed by atoms with Crippen LogP contribution in [0.15, 0.2) is 15.9 Å². The largest absolute Gasteiger partial charge is 0.341 e. The number of nitrogens with zero attached hydrogens (tertiary/aromatic N) is 1. The number of carbonyl (C=O) groups excluding carboxylic acids is 1. The third-order valence-electron chi connectivity index (χ3n) is 3.83. The second kappa shape index (κ2) is 5.31. The van der Waals surface area contributed by atoms with Crippen molar-refractivity contribution >= 4 is 33.2 Å². The van der Waals surface area contributed by atoms with Crippen molar-refractivity contribution in [2.45, 2.75) is 37.8 Å². The predicted molar refractivity (Wildman–Crippen MR) is 76.9 cm³/mol. The molecule has 0 aliphatic carbocycles. The Bertz CT molecular complexity index is 448. The summed E-state index contributed by atoms with van der Waals surface area (Å²) in [5.41, 5.74) is 0. The van der Waals surface area contributed by atoms with Crippen LogP contribution in [0.25, 0.3) is 0 Å². The Hall–Kier alpha value is -0.390. The normalized spacial score (nSPS) is 27.3. The van der Waals surface area contributed by atoms with E-state index in [1.807, 2.05) is 17.0 Å². The molecule has 2 saturated heterocycles. The Morgan fingerprint density at radius 2 is 2.22 bits per heavy atom. The van der Waals surface area contributed by atoms with Crippen LogP contribution in [-0.2, 0) is 11.2 Å². The molecule has 0 radical (unpaired) electrons. The van der Waals surface area contributed by atoms with Crippen molar-refractivity contribution < 1.29 is 4.79 Å². The van der Waals surface area contributed by atoms with Crippen molar-refractivity contribution in [3.63, 3.8) is 0 Å². The quantitative estimate of drug-likeness (QED) is 0.904. The highest BCUT2D eigenvalue weighted by atomic mass is 79.9. The molecule has 1 N–H and O–H groups in total. The minimum absolute atomic E-state index is 0.277. The lowest BCUT2D eigenvalue weighted by atomic mass is 10.1. The Kier molecular flexibility index (Phi) is 3.73. The fraction of sp³-hybridized carbons (Fsp3) is 0.615. The molecule has 3 nitrogen and oxygen atoms in total. The van der Waals surface area contributed by atoms with Gasteiger partial charge in [-0.2, -0.15) is 0 Å². The first-order chi connectivity index (χ1) is 8.70. The molecule has 5 heteroatoms. The molecule has 2 aliphatic heterocycles. The van der Waals surface area contributed by atoms with Gasteiger partial charge in [0.25, 0.3) is 0 Å². The van der Waals surface area contributed by atoms with E-state index >= 15 is 0 Å². The highest BCUT2D eigenvalue weighted by Gasteiger charge is 2.30. The van der Waals surface area contributed by atoms with Crippen LogP contribution < -0.4 is 5.32 Å². The summed E-state index contributed by atoms with van der Waals surface area (Å²) in [4.78, 5) is 15.5. The van der Waals surface area contributed by atoms with Gasteiger partial charge in [-0.15, -0.1) is 11.3 Å². The van der Waals surface area contributed by atoms with Gasteiger partial charge in [0.2, 0.25) is 5.91 Å². The number of halogens is 1. The number of likely N-dealkylation sites (tertiary alicyclic amines) is 1. The SMILES string of the molecule is O=C(Cc1ccc(Br)s1)N1CCC2CCC(C1)N2. The maximum absolute atomic E-state index is 12.3. The van der Waals surface area contributed by atoms with Gasteiger partial charge >= 0.3 is 0 Å². The summed E-state index contributed by atoms with van der Waals surface area (Å²) in [5.74, 6) is 0.277. The molecule has 2 atom stereocenters. The Morgan fingerprint density at radius 1 is 1.39 bits per heavy atom. The highest BCUT2D eigenvalue weighted by molar-refractivity contribution is 9.11. The second-order valence-electron chi connectivity index (χ2n) is 5.15. The van der Waals surface area contributed by atoms with Crippen molar-refractivity contribution in [2.75, 3.05) is 13.1 Å². The monoisotopic (exact) mass is 328 g/mol. The van der Waals surface area contributed by atoms with Crippen molar-refractivity contribution in [3.8, 4) is 0 Å². The third kappa shape index (κ3) is 2.78. The number of rotatable bonds is 2. The molecule has 1 aromatic heterocycles. The Labute approximate surface area is 120 Å². The molecule has 0 saturated carbocycles. The molecule has 3 rings (SSSR count). The smallest absolute Gasteiger partial charge is 0.227 e. The average molecular weight is 329 g/mol. The fourth-order valence-electron chi connectivity index (χ4n) is 2.88. The first kappa shape index (κ1) is 12.6. The lowest BCUT2D eigenvalue weighted by Gasteiger charge is -2.24.